The molecule has 0 aliphatic heterocycles. The van der Waals surface area contributed by atoms with Crippen LogP contribution < -0.4 is 10.3 Å². The van der Waals surface area contributed by atoms with Crippen LogP contribution in [0.1, 0.15) is 5.89 Å². The Labute approximate surface area is 141 Å². The predicted octanol–water partition coefficient (Wildman–Crippen LogP) is 1.90. The Morgan fingerprint density at radius 2 is 1.96 bits per heavy atom. The van der Waals surface area contributed by atoms with Gasteiger partial charge in [0.25, 0.3) is 5.56 Å². The zero-order chi connectivity index (χ0) is 17.2. The second-order valence-electron chi connectivity index (χ2n) is 5.28. The van der Waals surface area contributed by atoms with Crippen LogP contribution in [0.3, 0.4) is 0 Å². The summed E-state index contributed by atoms with van der Waals surface area (Å²) >= 11 is 0. The standard InChI is InChI=1S/C17H13N5O3/c1-24-12-6-4-11(5-7-12)16-21-20-14(25-16)9-22-10-19-15-13(17(22)23)3-2-8-18-15/h2-8,10H,9H2,1H3. The molecule has 0 bridgehead atoms. The second kappa shape index (κ2) is 6.16. The zero-order valence-electron chi connectivity index (χ0n) is 13.3. The van der Waals surface area contributed by atoms with Crippen molar-refractivity contribution in [2.24, 2.45) is 0 Å². The smallest absolute Gasteiger partial charge is 0.263 e. The van der Waals surface area contributed by atoms with E-state index in [0.29, 0.717) is 22.8 Å². The van der Waals surface area contributed by atoms with Gasteiger partial charge in [0.15, 0.2) is 5.65 Å². The molecule has 0 saturated carbocycles. The molecule has 0 atom stereocenters. The third-order valence-electron chi connectivity index (χ3n) is 3.71. The predicted molar refractivity (Wildman–Crippen MR) is 89.2 cm³/mol. The topological polar surface area (TPSA) is 95.9 Å². The molecule has 4 rings (SSSR count). The molecule has 124 valence electrons. The van der Waals surface area contributed by atoms with E-state index in [1.165, 1.54) is 10.9 Å². The molecule has 0 aliphatic rings. The van der Waals surface area contributed by atoms with E-state index in [9.17, 15) is 4.79 Å². The van der Waals surface area contributed by atoms with Crippen LogP contribution in [-0.4, -0.2) is 31.8 Å². The largest absolute Gasteiger partial charge is 0.497 e. The first-order valence-corrected chi connectivity index (χ1v) is 7.51. The highest BCUT2D eigenvalue weighted by molar-refractivity contribution is 5.72. The molecule has 0 fully saturated rings. The molecule has 0 spiro atoms. The number of ether oxygens (including phenoxy) is 1. The molecule has 1 aromatic carbocycles. The van der Waals surface area contributed by atoms with Crippen molar-refractivity contribution in [1.29, 1.82) is 0 Å². The lowest BCUT2D eigenvalue weighted by Crippen LogP contribution is -2.21. The molecule has 0 unspecified atom stereocenters. The minimum absolute atomic E-state index is 0.139. The van der Waals surface area contributed by atoms with Gasteiger partial charge < -0.3 is 9.15 Å². The third-order valence-corrected chi connectivity index (χ3v) is 3.71. The number of fused-ring (bicyclic) bond motifs is 1. The van der Waals surface area contributed by atoms with Gasteiger partial charge in [0.1, 0.15) is 18.6 Å². The SMILES string of the molecule is COc1ccc(-c2nnc(Cn3cnc4ncccc4c3=O)o2)cc1. The molecule has 8 nitrogen and oxygen atoms in total. The molecule has 4 aromatic rings. The fourth-order valence-electron chi connectivity index (χ4n) is 2.42. The molecule has 0 amide bonds. The van der Waals surface area contributed by atoms with Crippen LogP contribution in [0.2, 0.25) is 0 Å². The minimum Gasteiger partial charge on any atom is -0.497 e. The van der Waals surface area contributed by atoms with Gasteiger partial charge in [0.2, 0.25) is 11.8 Å². The lowest BCUT2D eigenvalue weighted by atomic mass is 10.2. The van der Waals surface area contributed by atoms with Crippen LogP contribution in [-0.2, 0) is 6.54 Å². The second-order valence-corrected chi connectivity index (χ2v) is 5.28. The molecule has 0 saturated heterocycles. The van der Waals surface area contributed by atoms with Crippen molar-refractivity contribution in [3.63, 3.8) is 0 Å². The summed E-state index contributed by atoms with van der Waals surface area (Å²) in [7, 11) is 1.60. The highest BCUT2D eigenvalue weighted by Gasteiger charge is 2.11. The lowest BCUT2D eigenvalue weighted by molar-refractivity contribution is 0.415. The number of methoxy groups -OCH3 is 1. The van der Waals surface area contributed by atoms with E-state index < -0.39 is 0 Å². The fraction of sp³-hybridized carbons (Fsp3) is 0.118. The monoisotopic (exact) mass is 335 g/mol. The van der Waals surface area contributed by atoms with Crippen molar-refractivity contribution in [2.45, 2.75) is 6.54 Å². The summed E-state index contributed by atoms with van der Waals surface area (Å²) in [5, 5.41) is 8.47. The van der Waals surface area contributed by atoms with E-state index in [1.807, 2.05) is 24.3 Å². The maximum absolute atomic E-state index is 12.5. The first-order valence-electron chi connectivity index (χ1n) is 7.51. The number of benzene rings is 1. The molecule has 8 heteroatoms. The minimum atomic E-state index is -0.206. The van der Waals surface area contributed by atoms with E-state index >= 15 is 0 Å². The molecule has 3 heterocycles. The fourth-order valence-corrected chi connectivity index (χ4v) is 2.42. The quantitative estimate of drug-likeness (QED) is 0.562. The lowest BCUT2D eigenvalue weighted by Gasteiger charge is -2.03. The van der Waals surface area contributed by atoms with Crippen LogP contribution in [0.5, 0.6) is 5.75 Å². The highest BCUT2D eigenvalue weighted by atomic mass is 16.5. The maximum atomic E-state index is 12.5. The number of rotatable bonds is 4. The average molecular weight is 335 g/mol. The van der Waals surface area contributed by atoms with Gasteiger partial charge in [-0.3, -0.25) is 9.36 Å². The normalized spacial score (nSPS) is 10.9. The molecular formula is C17H13N5O3. The van der Waals surface area contributed by atoms with Crippen molar-refractivity contribution in [1.82, 2.24) is 24.7 Å². The van der Waals surface area contributed by atoms with Crippen LogP contribution >= 0.6 is 0 Å². The van der Waals surface area contributed by atoms with Gasteiger partial charge in [0, 0.05) is 11.8 Å². The highest BCUT2D eigenvalue weighted by Crippen LogP contribution is 2.21. The van der Waals surface area contributed by atoms with E-state index in [4.69, 9.17) is 9.15 Å². The van der Waals surface area contributed by atoms with Gasteiger partial charge in [-0.1, -0.05) is 0 Å². The average Bonchev–Trinajstić information content (AvgIpc) is 3.13. The number of hydrogen-bond acceptors (Lipinski definition) is 7. The van der Waals surface area contributed by atoms with Crippen LogP contribution in [0.15, 0.2) is 58.1 Å². The first-order chi connectivity index (χ1) is 12.2. The molecule has 3 aromatic heterocycles. The van der Waals surface area contributed by atoms with Gasteiger partial charge >= 0.3 is 0 Å². The number of pyridine rings is 1. The molecule has 0 aliphatic carbocycles. The third kappa shape index (κ3) is 2.85. The van der Waals surface area contributed by atoms with Gasteiger partial charge in [-0.2, -0.15) is 0 Å². The molecule has 0 N–H and O–H groups in total. The summed E-state index contributed by atoms with van der Waals surface area (Å²) < 4.78 is 12.2. The first kappa shape index (κ1) is 15.0. The van der Waals surface area contributed by atoms with Gasteiger partial charge in [-0.25, -0.2) is 9.97 Å². The van der Waals surface area contributed by atoms with Crippen molar-refractivity contribution < 1.29 is 9.15 Å². The summed E-state index contributed by atoms with van der Waals surface area (Å²) in [6.07, 6.45) is 3.02. The van der Waals surface area contributed by atoms with Gasteiger partial charge in [-0.05, 0) is 36.4 Å². The van der Waals surface area contributed by atoms with Crippen molar-refractivity contribution in [3.8, 4) is 17.2 Å². The van der Waals surface area contributed by atoms with E-state index in [2.05, 4.69) is 20.2 Å². The summed E-state index contributed by atoms with van der Waals surface area (Å²) in [6.45, 7) is 0.139. The summed E-state index contributed by atoms with van der Waals surface area (Å²) in [4.78, 5) is 20.7. The number of hydrogen-bond donors (Lipinski definition) is 0. The Kier molecular flexibility index (Phi) is 3.70. The number of nitrogens with zero attached hydrogens (tertiary/aromatic N) is 5. The summed E-state index contributed by atoms with van der Waals surface area (Å²) in [5.74, 6) is 1.44. The Balaban J connectivity index is 1.63. The molecular weight excluding hydrogens is 322 g/mol. The van der Waals surface area contributed by atoms with Gasteiger partial charge in [0.05, 0.1) is 12.5 Å². The van der Waals surface area contributed by atoms with E-state index in [1.54, 1.807) is 25.4 Å². The molecule has 25 heavy (non-hydrogen) atoms. The summed E-state index contributed by atoms with van der Waals surface area (Å²) in [5.41, 5.74) is 0.975. The Morgan fingerprint density at radius 1 is 1.12 bits per heavy atom. The Bertz CT molecular complexity index is 1090. The van der Waals surface area contributed by atoms with Crippen molar-refractivity contribution >= 4 is 11.0 Å². The van der Waals surface area contributed by atoms with Crippen molar-refractivity contribution in [2.75, 3.05) is 7.11 Å². The van der Waals surface area contributed by atoms with Crippen LogP contribution in [0.25, 0.3) is 22.5 Å². The number of aromatic nitrogens is 5. The van der Waals surface area contributed by atoms with Crippen molar-refractivity contribution in [3.05, 3.63) is 65.2 Å². The molecule has 0 radical (unpaired) electrons. The Hall–Kier alpha value is -3.55. The van der Waals surface area contributed by atoms with Gasteiger partial charge in [-0.15, -0.1) is 10.2 Å². The van der Waals surface area contributed by atoms with Crippen LogP contribution in [0.4, 0.5) is 0 Å². The zero-order valence-corrected chi connectivity index (χ0v) is 13.3. The van der Waals surface area contributed by atoms with E-state index in [-0.39, 0.29) is 12.1 Å². The summed E-state index contributed by atoms with van der Waals surface area (Å²) in [6, 6.07) is 10.7. The maximum Gasteiger partial charge on any atom is 0.263 e. The van der Waals surface area contributed by atoms with Crippen LogP contribution in [0, 0.1) is 0 Å². The van der Waals surface area contributed by atoms with E-state index in [0.717, 1.165) is 11.3 Å². The Morgan fingerprint density at radius 3 is 2.76 bits per heavy atom.